The monoisotopic (exact) mass is 397 g/mol. The van der Waals surface area contributed by atoms with Crippen LogP contribution in [-0.2, 0) is 14.9 Å². The molecule has 29 heavy (non-hydrogen) atoms. The van der Waals surface area contributed by atoms with Crippen LogP contribution in [0, 0.1) is 12.7 Å². The molecule has 3 N–H and O–H groups in total. The lowest BCUT2D eigenvalue weighted by molar-refractivity contribution is -0.123. The molecule has 1 amide bonds. The van der Waals surface area contributed by atoms with Crippen molar-refractivity contribution < 1.29 is 13.9 Å². The zero-order valence-corrected chi connectivity index (χ0v) is 16.7. The van der Waals surface area contributed by atoms with Gasteiger partial charge in [-0.15, -0.1) is 0 Å². The Bertz CT molecular complexity index is 849. The molecule has 0 spiro atoms. The van der Waals surface area contributed by atoms with Gasteiger partial charge in [-0.2, -0.15) is 0 Å². The molecule has 2 saturated heterocycles. The zero-order valence-electron chi connectivity index (χ0n) is 16.7. The highest BCUT2D eigenvalue weighted by Gasteiger charge is 2.37. The summed E-state index contributed by atoms with van der Waals surface area (Å²) in [5.74, 6) is -0.281. The third-order valence-electron chi connectivity index (χ3n) is 6.19. The summed E-state index contributed by atoms with van der Waals surface area (Å²) in [7, 11) is 0. The van der Waals surface area contributed by atoms with Crippen molar-refractivity contribution in [2.45, 2.75) is 43.7 Å². The van der Waals surface area contributed by atoms with E-state index in [-0.39, 0.29) is 29.2 Å². The molecule has 5 nitrogen and oxygen atoms in total. The van der Waals surface area contributed by atoms with Crippen molar-refractivity contribution in [1.82, 2.24) is 16.2 Å². The molecule has 0 radical (unpaired) electrons. The molecule has 2 aliphatic heterocycles. The third-order valence-corrected chi connectivity index (χ3v) is 6.19. The standard InChI is InChI=1S/C23H28FN3O2/c1-16-5-7-17(8-6-16)20-14-21(27-26-20)22(28)25-15-23(9-11-29-12-10-23)18-3-2-4-19(24)13-18/h2-8,13,20-21,26-27H,9-12,14-15H2,1H3,(H,25,28). The van der Waals surface area contributed by atoms with Gasteiger partial charge in [-0.1, -0.05) is 42.0 Å². The maximum atomic E-state index is 13.8. The Morgan fingerprint density at radius 1 is 1.17 bits per heavy atom. The van der Waals surface area contributed by atoms with Gasteiger partial charge in [0.1, 0.15) is 11.9 Å². The van der Waals surface area contributed by atoms with Gasteiger partial charge < -0.3 is 10.1 Å². The van der Waals surface area contributed by atoms with Crippen LogP contribution in [0.1, 0.15) is 42.0 Å². The Hall–Kier alpha value is -2.28. The largest absolute Gasteiger partial charge is 0.381 e. The van der Waals surface area contributed by atoms with Gasteiger partial charge in [0.25, 0.3) is 0 Å². The van der Waals surface area contributed by atoms with Crippen molar-refractivity contribution in [3.05, 3.63) is 71.0 Å². The number of halogens is 1. The second-order valence-corrected chi connectivity index (χ2v) is 8.16. The van der Waals surface area contributed by atoms with Crippen LogP contribution in [0.15, 0.2) is 48.5 Å². The summed E-state index contributed by atoms with van der Waals surface area (Å²) in [6, 6.07) is 14.9. The molecule has 2 aromatic carbocycles. The summed E-state index contributed by atoms with van der Waals surface area (Å²) < 4.78 is 19.4. The Balaban J connectivity index is 1.40. The van der Waals surface area contributed by atoms with Crippen LogP contribution >= 0.6 is 0 Å². The number of nitrogens with one attached hydrogen (secondary N) is 3. The topological polar surface area (TPSA) is 62.4 Å². The van der Waals surface area contributed by atoms with Crippen molar-refractivity contribution in [1.29, 1.82) is 0 Å². The molecule has 2 unspecified atom stereocenters. The van der Waals surface area contributed by atoms with E-state index in [1.54, 1.807) is 12.1 Å². The number of ether oxygens (including phenoxy) is 1. The molecule has 2 aromatic rings. The summed E-state index contributed by atoms with van der Waals surface area (Å²) in [6.45, 7) is 3.77. The van der Waals surface area contributed by atoms with Gasteiger partial charge in [-0.25, -0.2) is 15.2 Å². The average Bonchev–Trinajstić information content (AvgIpc) is 3.24. The quantitative estimate of drug-likeness (QED) is 0.726. The maximum absolute atomic E-state index is 13.8. The molecule has 2 atom stereocenters. The molecule has 0 bridgehead atoms. The van der Waals surface area contributed by atoms with E-state index < -0.39 is 0 Å². The fraction of sp³-hybridized carbons (Fsp3) is 0.435. The number of hydrazine groups is 1. The Morgan fingerprint density at radius 2 is 1.93 bits per heavy atom. The number of carbonyl (C=O) groups is 1. The smallest absolute Gasteiger partial charge is 0.238 e. The van der Waals surface area contributed by atoms with Gasteiger partial charge in [0.15, 0.2) is 0 Å². The van der Waals surface area contributed by atoms with Gasteiger partial charge in [0.05, 0.1) is 0 Å². The fourth-order valence-electron chi connectivity index (χ4n) is 4.27. The van der Waals surface area contributed by atoms with Crippen molar-refractivity contribution in [3.63, 3.8) is 0 Å². The first-order valence-electron chi connectivity index (χ1n) is 10.2. The number of carbonyl (C=O) groups excluding carboxylic acids is 1. The number of hydrogen-bond donors (Lipinski definition) is 3. The predicted octanol–water partition coefficient (Wildman–Crippen LogP) is 2.91. The van der Waals surface area contributed by atoms with Crippen molar-refractivity contribution >= 4 is 5.91 Å². The summed E-state index contributed by atoms with van der Waals surface area (Å²) in [6.07, 6.45) is 2.21. The summed E-state index contributed by atoms with van der Waals surface area (Å²) in [4.78, 5) is 12.8. The number of benzene rings is 2. The summed E-state index contributed by atoms with van der Waals surface area (Å²) in [5, 5.41) is 3.11. The normalized spacial score (nSPS) is 23.7. The van der Waals surface area contributed by atoms with Crippen LogP contribution in [-0.4, -0.2) is 31.7 Å². The molecule has 0 aliphatic carbocycles. The van der Waals surface area contributed by atoms with Crippen LogP contribution < -0.4 is 16.2 Å². The first-order chi connectivity index (χ1) is 14.1. The molecule has 4 rings (SSSR count). The summed E-state index contributed by atoms with van der Waals surface area (Å²) in [5.41, 5.74) is 9.37. The van der Waals surface area contributed by atoms with E-state index in [0.717, 1.165) is 18.4 Å². The minimum absolute atomic E-state index is 0.0330. The second-order valence-electron chi connectivity index (χ2n) is 8.16. The highest BCUT2D eigenvalue weighted by Crippen LogP contribution is 2.34. The van der Waals surface area contributed by atoms with E-state index >= 15 is 0 Å². The van der Waals surface area contributed by atoms with Gasteiger partial charge in [0, 0.05) is 31.2 Å². The van der Waals surface area contributed by atoms with Crippen molar-refractivity contribution in [2.24, 2.45) is 0 Å². The number of rotatable bonds is 5. The highest BCUT2D eigenvalue weighted by atomic mass is 19.1. The minimum Gasteiger partial charge on any atom is -0.381 e. The van der Waals surface area contributed by atoms with Crippen LogP contribution in [0.4, 0.5) is 4.39 Å². The molecular weight excluding hydrogens is 369 g/mol. The molecule has 6 heteroatoms. The lowest BCUT2D eigenvalue weighted by atomic mass is 9.74. The molecule has 0 saturated carbocycles. The van der Waals surface area contributed by atoms with E-state index in [2.05, 4.69) is 47.4 Å². The predicted molar refractivity (Wildman–Crippen MR) is 110 cm³/mol. The van der Waals surface area contributed by atoms with E-state index in [0.29, 0.717) is 26.2 Å². The first kappa shape index (κ1) is 20.0. The number of amides is 1. The minimum atomic E-state index is -0.300. The van der Waals surface area contributed by atoms with Gasteiger partial charge in [-0.05, 0) is 49.4 Å². The first-order valence-corrected chi connectivity index (χ1v) is 10.2. The molecule has 2 aliphatic rings. The SMILES string of the molecule is Cc1ccc(C2CC(C(=O)NCC3(c4cccc(F)c4)CCOCC3)NN2)cc1. The zero-order chi connectivity index (χ0) is 20.3. The van der Waals surface area contributed by atoms with Gasteiger partial charge >= 0.3 is 0 Å². The summed E-state index contributed by atoms with van der Waals surface area (Å²) >= 11 is 0. The third kappa shape index (κ3) is 4.50. The molecule has 0 aromatic heterocycles. The second kappa shape index (κ2) is 8.61. The van der Waals surface area contributed by atoms with Gasteiger partial charge in [-0.3, -0.25) is 4.79 Å². The molecule has 2 fully saturated rings. The van der Waals surface area contributed by atoms with Crippen LogP contribution in [0.3, 0.4) is 0 Å². The lowest BCUT2D eigenvalue weighted by Gasteiger charge is -2.38. The van der Waals surface area contributed by atoms with Gasteiger partial charge in [0.2, 0.25) is 5.91 Å². The maximum Gasteiger partial charge on any atom is 0.238 e. The lowest BCUT2D eigenvalue weighted by Crippen LogP contribution is -2.49. The molecule has 2 heterocycles. The van der Waals surface area contributed by atoms with E-state index in [1.165, 1.54) is 17.2 Å². The molecular formula is C23H28FN3O2. The highest BCUT2D eigenvalue weighted by molar-refractivity contribution is 5.82. The fourth-order valence-corrected chi connectivity index (χ4v) is 4.27. The van der Waals surface area contributed by atoms with Crippen molar-refractivity contribution in [3.8, 4) is 0 Å². The number of hydrogen-bond acceptors (Lipinski definition) is 4. The Labute approximate surface area is 171 Å². The Morgan fingerprint density at radius 3 is 2.66 bits per heavy atom. The van der Waals surface area contributed by atoms with Crippen LogP contribution in [0.2, 0.25) is 0 Å². The Kier molecular flexibility index (Phi) is 5.94. The molecule has 154 valence electrons. The van der Waals surface area contributed by atoms with Crippen LogP contribution in [0.25, 0.3) is 0 Å². The van der Waals surface area contributed by atoms with Crippen molar-refractivity contribution in [2.75, 3.05) is 19.8 Å². The number of aryl methyl sites for hydroxylation is 1. The van der Waals surface area contributed by atoms with E-state index in [1.807, 2.05) is 6.07 Å². The van der Waals surface area contributed by atoms with E-state index in [4.69, 9.17) is 4.74 Å². The van der Waals surface area contributed by atoms with E-state index in [9.17, 15) is 9.18 Å². The van der Waals surface area contributed by atoms with Crippen LogP contribution in [0.5, 0.6) is 0 Å². The average molecular weight is 397 g/mol.